The molecule has 84 valence electrons. The molecule has 0 aromatic carbocycles. The lowest BCUT2D eigenvalue weighted by Crippen LogP contribution is -2.17. The molecule has 0 amide bonds. The molecule has 1 N–H and O–H groups in total. The first-order valence-electron chi connectivity index (χ1n) is 5.92. The van der Waals surface area contributed by atoms with Crippen molar-refractivity contribution in [2.24, 2.45) is 18.9 Å². The van der Waals surface area contributed by atoms with Crippen molar-refractivity contribution in [2.45, 2.75) is 33.7 Å². The first kappa shape index (κ1) is 10.7. The van der Waals surface area contributed by atoms with E-state index in [2.05, 4.69) is 43.8 Å². The maximum atomic E-state index is 3.56. The van der Waals surface area contributed by atoms with Crippen LogP contribution in [0.3, 0.4) is 0 Å². The molecule has 0 radical (unpaired) electrons. The molecule has 1 fully saturated rings. The molecule has 1 aliphatic rings. The van der Waals surface area contributed by atoms with Gasteiger partial charge in [0.05, 0.1) is 0 Å². The fraction of sp³-hybridized carbons (Fsp3) is 0.692. The van der Waals surface area contributed by atoms with Crippen LogP contribution in [0.2, 0.25) is 0 Å². The van der Waals surface area contributed by atoms with Crippen molar-refractivity contribution < 1.29 is 0 Å². The smallest absolute Gasteiger partial charge is 0.0223 e. The van der Waals surface area contributed by atoms with Crippen molar-refractivity contribution in [3.8, 4) is 0 Å². The fourth-order valence-corrected chi connectivity index (χ4v) is 2.19. The van der Waals surface area contributed by atoms with E-state index in [9.17, 15) is 0 Å². The molecule has 0 bridgehead atoms. The van der Waals surface area contributed by atoms with Gasteiger partial charge in [0.15, 0.2) is 0 Å². The summed E-state index contributed by atoms with van der Waals surface area (Å²) in [6.07, 6.45) is 1.42. The van der Waals surface area contributed by atoms with E-state index in [1.165, 1.54) is 29.9 Å². The standard InChI is InChI=1S/C13H22N2/c1-9-5-12(9)7-14-8-13-6-10(2)15(4)11(13)3/h6,9,12,14H,5,7-8H2,1-4H3. The van der Waals surface area contributed by atoms with E-state index in [0.29, 0.717) is 0 Å². The quantitative estimate of drug-likeness (QED) is 0.800. The number of rotatable bonds is 4. The maximum Gasteiger partial charge on any atom is 0.0223 e. The third kappa shape index (κ3) is 2.25. The summed E-state index contributed by atoms with van der Waals surface area (Å²) in [7, 11) is 2.14. The number of hydrogen-bond acceptors (Lipinski definition) is 1. The molecule has 0 saturated heterocycles. The maximum absolute atomic E-state index is 3.56. The minimum absolute atomic E-state index is 0.940. The average Bonchev–Trinajstić information content (AvgIpc) is 2.84. The highest BCUT2D eigenvalue weighted by Gasteiger charge is 2.31. The fourth-order valence-electron chi connectivity index (χ4n) is 2.19. The molecular weight excluding hydrogens is 184 g/mol. The van der Waals surface area contributed by atoms with Crippen LogP contribution in [0.5, 0.6) is 0 Å². The lowest BCUT2D eigenvalue weighted by atomic mass is 10.2. The molecule has 0 aliphatic heterocycles. The van der Waals surface area contributed by atoms with Crippen LogP contribution in [0, 0.1) is 25.7 Å². The number of aryl methyl sites for hydroxylation is 1. The van der Waals surface area contributed by atoms with E-state index >= 15 is 0 Å². The molecule has 2 unspecified atom stereocenters. The van der Waals surface area contributed by atoms with Gasteiger partial charge in [-0.25, -0.2) is 0 Å². The van der Waals surface area contributed by atoms with E-state index in [1.54, 1.807) is 0 Å². The first-order chi connectivity index (χ1) is 7.09. The molecule has 0 spiro atoms. The Morgan fingerprint density at radius 1 is 1.47 bits per heavy atom. The summed E-state index contributed by atoms with van der Waals surface area (Å²) in [5.74, 6) is 1.89. The first-order valence-corrected chi connectivity index (χ1v) is 5.92. The Balaban J connectivity index is 1.85. The SMILES string of the molecule is Cc1cc(CNCC2CC2C)c(C)n1C. The monoisotopic (exact) mass is 206 g/mol. The van der Waals surface area contributed by atoms with E-state index in [-0.39, 0.29) is 0 Å². The van der Waals surface area contributed by atoms with Crippen molar-refractivity contribution in [3.05, 3.63) is 23.0 Å². The summed E-state index contributed by atoms with van der Waals surface area (Å²) in [6.45, 7) is 8.92. The number of nitrogens with zero attached hydrogens (tertiary/aromatic N) is 1. The number of aromatic nitrogens is 1. The van der Waals surface area contributed by atoms with Crippen molar-refractivity contribution >= 4 is 0 Å². The van der Waals surface area contributed by atoms with Gasteiger partial charge in [0.2, 0.25) is 0 Å². The van der Waals surface area contributed by atoms with E-state index < -0.39 is 0 Å². The van der Waals surface area contributed by atoms with Gasteiger partial charge >= 0.3 is 0 Å². The van der Waals surface area contributed by atoms with Crippen LogP contribution in [0.4, 0.5) is 0 Å². The number of nitrogens with one attached hydrogen (secondary N) is 1. The Bertz CT molecular complexity index is 352. The van der Waals surface area contributed by atoms with E-state index in [0.717, 1.165) is 18.4 Å². The summed E-state index contributed by atoms with van der Waals surface area (Å²) in [5.41, 5.74) is 4.19. The highest BCUT2D eigenvalue weighted by molar-refractivity contribution is 5.26. The summed E-state index contributed by atoms with van der Waals surface area (Å²) in [4.78, 5) is 0. The highest BCUT2D eigenvalue weighted by atomic mass is 15.0. The van der Waals surface area contributed by atoms with Gasteiger partial charge in [-0.3, -0.25) is 0 Å². The van der Waals surface area contributed by atoms with Crippen LogP contribution in [0.25, 0.3) is 0 Å². The third-order valence-electron chi connectivity index (χ3n) is 3.88. The zero-order valence-electron chi connectivity index (χ0n) is 10.3. The molecule has 1 saturated carbocycles. The number of hydrogen-bond donors (Lipinski definition) is 1. The molecule has 1 aromatic heterocycles. The van der Waals surface area contributed by atoms with Gasteiger partial charge in [0.1, 0.15) is 0 Å². The molecular formula is C13H22N2. The predicted octanol–water partition coefficient (Wildman–Crippen LogP) is 2.39. The van der Waals surface area contributed by atoms with Crippen LogP contribution in [-0.4, -0.2) is 11.1 Å². The van der Waals surface area contributed by atoms with Crippen LogP contribution in [0.15, 0.2) is 6.07 Å². The molecule has 2 rings (SSSR count). The minimum atomic E-state index is 0.940. The van der Waals surface area contributed by atoms with Crippen molar-refractivity contribution in [3.63, 3.8) is 0 Å². The second-order valence-electron chi connectivity index (χ2n) is 5.06. The molecule has 1 aromatic rings. The Labute approximate surface area is 92.7 Å². The van der Waals surface area contributed by atoms with Gasteiger partial charge < -0.3 is 9.88 Å². The highest BCUT2D eigenvalue weighted by Crippen LogP contribution is 2.36. The second kappa shape index (κ2) is 4.01. The largest absolute Gasteiger partial charge is 0.352 e. The zero-order valence-corrected chi connectivity index (χ0v) is 10.3. The lowest BCUT2D eigenvalue weighted by Gasteiger charge is -2.04. The zero-order chi connectivity index (χ0) is 11.0. The summed E-state index contributed by atoms with van der Waals surface area (Å²) in [6, 6.07) is 2.29. The van der Waals surface area contributed by atoms with Gasteiger partial charge in [0, 0.05) is 25.0 Å². The van der Waals surface area contributed by atoms with Crippen LogP contribution < -0.4 is 5.32 Å². The second-order valence-corrected chi connectivity index (χ2v) is 5.06. The topological polar surface area (TPSA) is 17.0 Å². The van der Waals surface area contributed by atoms with E-state index in [4.69, 9.17) is 0 Å². The molecule has 1 aliphatic carbocycles. The van der Waals surface area contributed by atoms with E-state index in [1.807, 2.05) is 0 Å². The Morgan fingerprint density at radius 3 is 2.60 bits per heavy atom. The normalized spacial score (nSPS) is 24.5. The van der Waals surface area contributed by atoms with Crippen LogP contribution in [-0.2, 0) is 13.6 Å². The summed E-state index contributed by atoms with van der Waals surface area (Å²) in [5, 5.41) is 3.56. The molecule has 2 nitrogen and oxygen atoms in total. The van der Waals surface area contributed by atoms with Crippen molar-refractivity contribution in [1.82, 2.24) is 9.88 Å². The summed E-state index contributed by atoms with van der Waals surface area (Å²) >= 11 is 0. The predicted molar refractivity (Wildman–Crippen MR) is 63.9 cm³/mol. The van der Waals surface area contributed by atoms with Crippen molar-refractivity contribution in [2.75, 3.05) is 6.54 Å². The van der Waals surface area contributed by atoms with Gasteiger partial charge in [-0.15, -0.1) is 0 Å². The van der Waals surface area contributed by atoms with Crippen LogP contribution >= 0.6 is 0 Å². The average molecular weight is 206 g/mol. The Morgan fingerprint density at radius 2 is 2.13 bits per heavy atom. The minimum Gasteiger partial charge on any atom is -0.352 e. The Kier molecular flexibility index (Phi) is 2.87. The third-order valence-corrected chi connectivity index (χ3v) is 3.88. The molecule has 1 heterocycles. The molecule has 15 heavy (non-hydrogen) atoms. The van der Waals surface area contributed by atoms with Crippen molar-refractivity contribution in [1.29, 1.82) is 0 Å². The summed E-state index contributed by atoms with van der Waals surface area (Å²) < 4.78 is 2.26. The van der Waals surface area contributed by atoms with Crippen LogP contribution in [0.1, 0.15) is 30.3 Å². The Hall–Kier alpha value is -0.760. The van der Waals surface area contributed by atoms with Gasteiger partial charge in [-0.05, 0) is 50.3 Å². The van der Waals surface area contributed by atoms with Gasteiger partial charge in [-0.2, -0.15) is 0 Å². The molecule has 2 atom stereocenters. The molecule has 2 heteroatoms. The van der Waals surface area contributed by atoms with Gasteiger partial charge in [0.25, 0.3) is 0 Å². The van der Waals surface area contributed by atoms with Gasteiger partial charge in [-0.1, -0.05) is 6.92 Å². The lowest BCUT2D eigenvalue weighted by molar-refractivity contribution is 0.610.